The van der Waals surface area contributed by atoms with E-state index in [2.05, 4.69) is 15.5 Å². The zero-order chi connectivity index (χ0) is 17.9. The average molecular weight is 360 g/mol. The van der Waals surface area contributed by atoms with Gasteiger partial charge in [0.1, 0.15) is 0 Å². The van der Waals surface area contributed by atoms with E-state index in [1.54, 1.807) is 0 Å². The highest BCUT2D eigenvalue weighted by Gasteiger charge is 2.21. The first-order chi connectivity index (χ1) is 11.3. The maximum Gasteiger partial charge on any atom is 0.343 e. The second-order valence-electron chi connectivity index (χ2n) is 4.94. The van der Waals surface area contributed by atoms with E-state index in [1.165, 1.54) is 11.5 Å². The van der Waals surface area contributed by atoms with Gasteiger partial charge < -0.3 is 5.32 Å². The standard InChI is InChI=1S/C14H15F3N4O2S/c1-3-6-21-13(23)19-20-14(21)24-7(2)12(22)18-9-5-4-8(15)10(16)11(9)17/h4-5,7H,3,6H2,1-2H3,(H,18,22)(H,19,23)/t7-/m0/s1. The van der Waals surface area contributed by atoms with Crippen LogP contribution in [-0.4, -0.2) is 25.9 Å². The minimum absolute atomic E-state index is 0.315. The molecule has 1 aromatic heterocycles. The number of aromatic amines is 1. The van der Waals surface area contributed by atoms with E-state index >= 15 is 0 Å². The second-order valence-corrected chi connectivity index (χ2v) is 6.24. The normalized spacial score (nSPS) is 12.2. The van der Waals surface area contributed by atoms with Crippen LogP contribution in [-0.2, 0) is 11.3 Å². The van der Waals surface area contributed by atoms with Crippen LogP contribution in [0, 0.1) is 17.5 Å². The van der Waals surface area contributed by atoms with Crippen LogP contribution < -0.4 is 11.0 Å². The topological polar surface area (TPSA) is 79.8 Å². The number of anilines is 1. The number of nitrogens with one attached hydrogen (secondary N) is 2. The summed E-state index contributed by atoms with van der Waals surface area (Å²) in [7, 11) is 0. The van der Waals surface area contributed by atoms with Crippen molar-refractivity contribution >= 4 is 23.4 Å². The van der Waals surface area contributed by atoms with Gasteiger partial charge in [0.15, 0.2) is 22.6 Å². The van der Waals surface area contributed by atoms with Crippen molar-refractivity contribution in [3.8, 4) is 0 Å². The van der Waals surface area contributed by atoms with Crippen molar-refractivity contribution < 1.29 is 18.0 Å². The molecule has 1 heterocycles. The van der Waals surface area contributed by atoms with Crippen LogP contribution in [0.1, 0.15) is 20.3 Å². The minimum Gasteiger partial charge on any atom is -0.323 e. The van der Waals surface area contributed by atoms with E-state index in [9.17, 15) is 22.8 Å². The van der Waals surface area contributed by atoms with Crippen molar-refractivity contribution in [1.82, 2.24) is 14.8 Å². The third kappa shape index (κ3) is 3.81. The summed E-state index contributed by atoms with van der Waals surface area (Å²) in [5, 5.41) is 7.88. The third-order valence-corrected chi connectivity index (χ3v) is 4.21. The van der Waals surface area contributed by atoms with E-state index in [1.807, 2.05) is 6.92 Å². The van der Waals surface area contributed by atoms with E-state index < -0.39 is 40.0 Å². The lowest BCUT2D eigenvalue weighted by Crippen LogP contribution is -2.24. The van der Waals surface area contributed by atoms with Gasteiger partial charge in [-0.2, -0.15) is 0 Å². The molecule has 2 aromatic rings. The van der Waals surface area contributed by atoms with Crippen LogP contribution in [0.5, 0.6) is 0 Å². The number of amides is 1. The maximum absolute atomic E-state index is 13.6. The fraction of sp³-hybridized carbons (Fsp3) is 0.357. The highest BCUT2D eigenvalue weighted by atomic mass is 32.2. The SMILES string of the molecule is CCCn1c(S[C@@H](C)C(=O)Nc2ccc(F)c(F)c2F)n[nH]c1=O. The van der Waals surface area contributed by atoms with Gasteiger partial charge in [0.2, 0.25) is 5.91 Å². The fourth-order valence-electron chi connectivity index (χ4n) is 1.88. The molecule has 130 valence electrons. The first kappa shape index (κ1) is 18.1. The fourth-order valence-corrected chi connectivity index (χ4v) is 2.76. The summed E-state index contributed by atoms with van der Waals surface area (Å²) >= 11 is 0.990. The van der Waals surface area contributed by atoms with Crippen LogP contribution in [0.15, 0.2) is 22.1 Å². The molecule has 0 saturated carbocycles. The second kappa shape index (κ2) is 7.56. The smallest absolute Gasteiger partial charge is 0.323 e. The highest BCUT2D eigenvalue weighted by molar-refractivity contribution is 8.00. The number of hydrogen-bond donors (Lipinski definition) is 2. The van der Waals surface area contributed by atoms with Crippen LogP contribution in [0.3, 0.4) is 0 Å². The zero-order valence-corrected chi connectivity index (χ0v) is 13.7. The van der Waals surface area contributed by atoms with Crippen molar-refractivity contribution in [2.45, 2.75) is 37.2 Å². The van der Waals surface area contributed by atoms with Gasteiger partial charge in [0.05, 0.1) is 10.9 Å². The number of carbonyl (C=O) groups is 1. The Hall–Kier alpha value is -2.23. The third-order valence-electron chi connectivity index (χ3n) is 3.11. The lowest BCUT2D eigenvalue weighted by atomic mass is 10.2. The number of hydrogen-bond acceptors (Lipinski definition) is 4. The molecule has 6 nitrogen and oxygen atoms in total. The van der Waals surface area contributed by atoms with Crippen molar-refractivity contribution in [2.75, 3.05) is 5.32 Å². The number of thioether (sulfide) groups is 1. The predicted octanol–water partition coefficient (Wildman–Crippen LogP) is 2.52. The Morgan fingerprint density at radius 1 is 1.38 bits per heavy atom. The summed E-state index contributed by atoms with van der Waals surface area (Å²) in [6, 6.07) is 1.66. The molecule has 0 radical (unpaired) electrons. The van der Waals surface area contributed by atoms with Crippen LogP contribution >= 0.6 is 11.8 Å². The molecule has 0 aliphatic heterocycles. The number of rotatable bonds is 6. The van der Waals surface area contributed by atoms with Crippen LogP contribution in [0.4, 0.5) is 18.9 Å². The molecule has 1 aromatic carbocycles. The maximum atomic E-state index is 13.6. The minimum atomic E-state index is -1.66. The van der Waals surface area contributed by atoms with E-state index in [0.717, 1.165) is 23.9 Å². The van der Waals surface area contributed by atoms with Gasteiger partial charge in [-0.1, -0.05) is 18.7 Å². The molecule has 0 unspecified atom stereocenters. The molecule has 0 fully saturated rings. The Balaban J connectivity index is 2.11. The number of carbonyl (C=O) groups excluding carboxylic acids is 1. The molecule has 2 rings (SSSR count). The summed E-state index contributed by atoms with van der Waals surface area (Å²) in [5.74, 6) is -5.10. The Morgan fingerprint density at radius 2 is 2.08 bits per heavy atom. The van der Waals surface area contributed by atoms with Gasteiger partial charge in [0, 0.05) is 6.54 Å². The van der Waals surface area contributed by atoms with Crippen molar-refractivity contribution in [3.63, 3.8) is 0 Å². The quantitative estimate of drug-likeness (QED) is 0.613. The first-order valence-corrected chi connectivity index (χ1v) is 7.99. The Bertz CT molecular complexity index is 806. The molecular formula is C14H15F3N4O2S. The van der Waals surface area contributed by atoms with Crippen LogP contribution in [0.25, 0.3) is 0 Å². The van der Waals surface area contributed by atoms with Gasteiger partial charge >= 0.3 is 5.69 Å². The molecule has 0 aliphatic carbocycles. The highest BCUT2D eigenvalue weighted by Crippen LogP contribution is 2.24. The summed E-state index contributed by atoms with van der Waals surface area (Å²) < 4.78 is 41.0. The first-order valence-electron chi connectivity index (χ1n) is 7.11. The number of halogens is 3. The largest absolute Gasteiger partial charge is 0.343 e. The van der Waals surface area contributed by atoms with Gasteiger partial charge in [-0.05, 0) is 25.5 Å². The van der Waals surface area contributed by atoms with Gasteiger partial charge in [-0.15, -0.1) is 5.10 Å². The lowest BCUT2D eigenvalue weighted by Gasteiger charge is -2.12. The molecule has 1 atom stereocenters. The zero-order valence-electron chi connectivity index (χ0n) is 12.9. The Labute approximate surface area is 139 Å². The van der Waals surface area contributed by atoms with E-state index in [4.69, 9.17) is 0 Å². The Kier molecular flexibility index (Phi) is 5.71. The summed E-state index contributed by atoms with van der Waals surface area (Å²) in [4.78, 5) is 23.7. The lowest BCUT2D eigenvalue weighted by molar-refractivity contribution is -0.115. The number of aromatic nitrogens is 3. The van der Waals surface area contributed by atoms with Gasteiger partial charge in [-0.3, -0.25) is 9.36 Å². The Morgan fingerprint density at radius 3 is 2.75 bits per heavy atom. The number of H-pyrrole nitrogens is 1. The molecule has 2 N–H and O–H groups in total. The summed E-state index contributed by atoms with van der Waals surface area (Å²) in [6.45, 7) is 3.84. The summed E-state index contributed by atoms with van der Waals surface area (Å²) in [5.41, 5.74) is -0.849. The molecule has 24 heavy (non-hydrogen) atoms. The molecule has 10 heteroatoms. The molecule has 0 bridgehead atoms. The van der Waals surface area contributed by atoms with Crippen LogP contribution in [0.2, 0.25) is 0 Å². The van der Waals surface area contributed by atoms with Gasteiger partial charge in [-0.25, -0.2) is 23.1 Å². The molecular weight excluding hydrogens is 345 g/mol. The summed E-state index contributed by atoms with van der Waals surface area (Å²) in [6.07, 6.45) is 0.702. The molecule has 0 spiro atoms. The van der Waals surface area contributed by atoms with E-state index in [0.29, 0.717) is 18.1 Å². The van der Waals surface area contributed by atoms with Gasteiger partial charge in [0.25, 0.3) is 0 Å². The van der Waals surface area contributed by atoms with Crippen molar-refractivity contribution in [3.05, 3.63) is 40.1 Å². The molecule has 0 saturated heterocycles. The van der Waals surface area contributed by atoms with Crippen molar-refractivity contribution in [2.24, 2.45) is 0 Å². The molecule has 0 aliphatic rings. The number of nitrogens with zero attached hydrogens (tertiary/aromatic N) is 2. The van der Waals surface area contributed by atoms with Crippen molar-refractivity contribution in [1.29, 1.82) is 0 Å². The molecule has 1 amide bonds. The average Bonchev–Trinajstić information content (AvgIpc) is 2.89. The monoisotopic (exact) mass is 360 g/mol. The number of benzene rings is 1. The van der Waals surface area contributed by atoms with E-state index in [-0.39, 0.29) is 0 Å². The predicted molar refractivity (Wildman–Crippen MR) is 83.4 cm³/mol.